The molecule has 1 aliphatic carbocycles. The van der Waals surface area contributed by atoms with Gasteiger partial charge in [-0.25, -0.2) is 8.78 Å². The maximum atomic E-state index is 13.5. The molecule has 1 aliphatic heterocycles. The first-order valence-corrected chi connectivity index (χ1v) is 7.24. The quantitative estimate of drug-likeness (QED) is 0.865. The number of likely N-dealkylation sites (tertiary alicyclic amines) is 1. The third-order valence-electron chi connectivity index (χ3n) is 4.25. The van der Waals surface area contributed by atoms with E-state index in [0.29, 0.717) is 11.6 Å². The van der Waals surface area contributed by atoms with Gasteiger partial charge in [-0.1, -0.05) is 12.6 Å². The third kappa shape index (κ3) is 2.83. The molecule has 0 bridgehead atoms. The SMILES string of the molecule is C=CC(=O)N[C@H]1CCN(C2CC2)[C@H]1c1ccc(F)c(F)c1. The summed E-state index contributed by atoms with van der Waals surface area (Å²) in [6, 6.07) is 4.30. The lowest BCUT2D eigenvalue weighted by Gasteiger charge is -2.29. The van der Waals surface area contributed by atoms with E-state index in [1.165, 1.54) is 12.1 Å². The Balaban J connectivity index is 1.89. The van der Waals surface area contributed by atoms with Gasteiger partial charge in [-0.05, 0) is 43.0 Å². The van der Waals surface area contributed by atoms with Gasteiger partial charge in [0.1, 0.15) is 0 Å². The van der Waals surface area contributed by atoms with Crippen molar-refractivity contribution < 1.29 is 13.6 Å². The highest BCUT2D eigenvalue weighted by Gasteiger charge is 2.43. The molecule has 0 radical (unpaired) electrons. The summed E-state index contributed by atoms with van der Waals surface area (Å²) in [5, 5.41) is 2.91. The van der Waals surface area contributed by atoms with Crippen molar-refractivity contribution in [2.45, 2.75) is 37.4 Å². The van der Waals surface area contributed by atoms with Gasteiger partial charge in [0.15, 0.2) is 11.6 Å². The first kappa shape index (κ1) is 14.2. The molecule has 5 heteroatoms. The van der Waals surface area contributed by atoms with Crippen molar-refractivity contribution in [1.29, 1.82) is 0 Å². The molecule has 0 spiro atoms. The van der Waals surface area contributed by atoms with Gasteiger partial charge in [-0.15, -0.1) is 0 Å². The zero-order valence-electron chi connectivity index (χ0n) is 11.7. The van der Waals surface area contributed by atoms with Crippen LogP contribution in [-0.2, 0) is 4.79 Å². The van der Waals surface area contributed by atoms with Gasteiger partial charge in [0.05, 0.1) is 12.1 Å². The van der Waals surface area contributed by atoms with Crippen molar-refractivity contribution >= 4 is 5.91 Å². The highest BCUT2D eigenvalue weighted by atomic mass is 19.2. The van der Waals surface area contributed by atoms with Gasteiger partial charge in [0.25, 0.3) is 0 Å². The summed E-state index contributed by atoms with van der Waals surface area (Å²) >= 11 is 0. The van der Waals surface area contributed by atoms with Crippen LogP contribution in [0.1, 0.15) is 30.9 Å². The van der Waals surface area contributed by atoms with E-state index in [4.69, 9.17) is 0 Å². The molecule has 2 aliphatic rings. The molecule has 112 valence electrons. The summed E-state index contributed by atoms with van der Waals surface area (Å²) in [5.41, 5.74) is 0.715. The molecule has 1 aromatic carbocycles. The number of benzene rings is 1. The topological polar surface area (TPSA) is 32.3 Å². The molecule has 2 atom stereocenters. The van der Waals surface area contributed by atoms with Crippen LogP contribution < -0.4 is 5.32 Å². The zero-order valence-corrected chi connectivity index (χ0v) is 11.7. The van der Waals surface area contributed by atoms with E-state index < -0.39 is 11.6 Å². The molecule has 1 saturated carbocycles. The number of carbonyl (C=O) groups excluding carboxylic acids is 1. The smallest absolute Gasteiger partial charge is 0.243 e. The second-order valence-electron chi connectivity index (χ2n) is 5.70. The molecule has 3 nitrogen and oxygen atoms in total. The molecular formula is C16H18F2N2O. The largest absolute Gasteiger partial charge is 0.348 e. The standard InChI is InChI=1S/C16H18F2N2O/c1-2-15(21)19-14-7-8-20(11-4-5-11)16(14)10-3-6-12(17)13(18)9-10/h2-3,6,9,11,14,16H,1,4-5,7-8H2,(H,19,21)/t14-,16-/m0/s1. The first-order chi connectivity index (χ1) is 10.1. The van der Waals surface area contributed by atoms with Crippen LogP contribution in [0.4, 0.5) is 8.78 Å². The minimum Gasteiger partial charge on any atom is -0.348 e. The predicted molar refractivity (Wildman–Crippen MR) is 75.6 cm³/mol. The summed E-state index contributed by atoms with van der Waals surface area (Å²) < 4.78 is 26.7. The predicted octanol–water partition coefficient (Wildman–Crippen LogP) is 2.54. The molecule has 21 heavy (non-hydrogen) atoms. The summed E-state index contributed by atoms with van der Waals surface area (Å²) in [6.07, 6.45) is 4.30. The summed E-state index contributed by atoms with van der Waals surface area (Å²) in [5.74, 6) is -1.92. The Morgan fingerprint density at radius 2 is 2.05 bits per heavy atom. The van der Waals surface area contributed by atoms with E-state index in [-0.39, 0.29) is 18.0 Å². The van der Waals surface area contributed by atoms with Crippen LogP contribution in [0.25, 0.3) is 0 Å². The number of nitrogens with zero attached hydrogens (tertiary/aromatic N) is 1. The van der Waals surface area contributed by atoms with Crippen LogP contribution >= 0.6 is 0 Å². The maximum absolute atomic E-state index is 13.5. The van der Waals surface area contributed by atoms with Crippen LogP contribution in [-0.4, -0.2) is 29.4 Å². The van der Waals surface area contributed by atoms with Gasteiger partial charge in [-0.2, -0.15) is 0 Å². The van der Waals surface area contributed by atoms with Crippen molar-refractivity contribution in [2.24, 2.45) is 0 Å². The Kier molecular flexibility index (Phi) is 3.76. The Morgan fingerprint density at radius 1 is 1.29 bits per heavy atom. The number of hydrogen-bond acceptors (Lipinski definition) is 2. The van der Waals surface area contributed by atoms with E-state index in [0.717, 1.165) is 31.9 Å². The molecule has 1 aromatic rings. The average molecular weight is 292 g/mol. The van der Waals surface area contributed by atoms with Crippen LogP contribution in [0, 0.1) is 11.6 Å². The molecule has 0 unspecified atom stereocenters. The van der Waals surface area contributed by atoms with Crippen LogP contribution in [0.5, 0.6) is 0 Å². The normalized spacial score (nSPS) is 25.8. The molecule has 1 N–H and O–H groups in total. The van der Waals surface area contributed by atoms with Crippen molar-refractivity contribution in [3.63, 3.8) is 0 Å². The average Bonchev–Trinajstić information content (AvgIpc) is 3.23. The van der Waals surface area contributed by atoms with Gasteiger partial charge in [-0.3, -0.25) is 9.69 Å². The van der Waals surface area contributed by atoms with E-state index in [9.17, 15) is 13.6 Å². The van der Waals surface area contributed by atoms with Crippen molar-refractivity contribution in [2.75, 3.05) is 6.54 Å². The van der Waals surface area contributed by atoms with Crippen molar-refractivity contribution in [3.8, 4) is 0 Å². The van der Waals surface area contributed by atoms with Crippen molar-refractivity contribution in [3.05, 3.63) is 48.1 Å². The minimum absolute atomic E-state index is 0.0963. The first-order valence-electron chi connectivity index (χ1n) is 7.24. The number of hydrogen-bond donors (Lipinski definition) is 1. The third-order valence-corrected chi connectivity index (χ3v) is 4.25. The second kappa shape index (κ2) is 5.56. The second-order valence-corrected chi connectivity index (χ2v) is 5.70. The van der Waals surface area contributed by atoms with Crippen molar-refractivity contribution in [1.82, 2.24) is 10.2 Å². The number of amides is 1. The Morgan fingerprint density at radius 3 is 2.67 bits per heavy atom. The molecule has 1 heterocycles. The van der Waals surface area contributed by atoms with Crippen LogP contribution in [0.15, 0.2) is 30.9 Å². The minimum atomic E-state index is -0.846. The highest BCUT2D eigenvalue weighted by Crippen LogP contribution is 2.41. The molecule has 2 fully saturated rings. The lowest BCUT2D eigenvalue weighted by atomic mass is 9.99. The fraction of sp³-hybridized carbons (Fsp3) is 0.438. The summed E-state index contributed by atoms with van der Waals surface area (Å²) in [6.45, 7) is 4.31. The fourth-order valence-corrected chi connectivity index (χ4v) is 3.15. The number of rotatable bonds is 4. The highest BCUT2D eigenvalue weighted by molar-refractivity contribution is 5.87. The molecular weight excluding hydrogens is 274 g/mol. The van der Waals surface area contributed by atoms with Crippen LogP contribution in [0.3, 0.4) is 0 Å². The summed E-state index contributed by atoms with van der Waals surface area (Å²) in [4.78, 5) is 13.9. The number of nitrogens with one attached hydrogen (secondary N) is 1. The van der Waals surface area contributed by atoms with Gasteiger partial charge in [0.2, 0.25) is 5.91 Å². The van der Waals surface area contributed by atoms with E-state index >= 15 is 0 Å². The summed E-state index contributed by atoms with van der Waals surface area (Å²) in [7, 11) is 0. The Bertz CT molecular complexity index is 571. The molecule has 0 aromatic heterocycles. The Labute approximate surface area is 122 Å². The van der Waals surface area contributed by atoms with Crippen LogP contribution in [0.2, 0.25) is 0 Å². The van der Waals surface area contributed by atoms with Gasteiger partial charge >= 0.3 is 0 Å². The van der Waals surface area contributed by atoms with E-state index in [2.05, 4.69) is 16.8 Å². The van der Waals surface area contributed by atoms with Gasteiger partial charge < -0.3 is 5.32 Å². The molecule has 1 saturated heterocycles. The fourth-order valence-electron chi connectivity index (χ4n) is 3.15. The zero-order chi connectivity index (χ0) is 15.0. The monoisotopic (exact) mass is 292 g/mol. The van der Waals surface area contributed by atoms with E-state index in [1.807, 2.05) is 0 Å². The maximum Gasteiger partial charge on any atom is 0.243 e. The lowest BCUT2D eigenvalue weighted by Crippen LogP contribution is -2.39. The Hall–Kier alpha value is -1.75. The van der Waals surface area contributed by atoms with Gasteiger partial charge in [0, 0.05) is 12.6 Å². The molecule has 3 rings (SSSR count). The number of halogens is 2. The van der Waals surface area contributed by atoms with E-state index in [1.54, 1.807) is 6.07 Å². The molecule has 1 amide bonds. The lowest BCUT2D eigenvalue weighted by molar-refractivity contribution is -0.117. The number of carbonyl (C=O) groups is 1.